The Hall–Kier alpha value is -1.49. The highest BCUT2D eigenvalue weighted by Gasteiger charge is 2.23. The van der Waals surface area contributed by atoms with Gasteiger partial charge in [-0.05, 0) is 47.1 Å². The lowest BCUT2D eigenvalue weighted by molar-refractivity contribution is 0.564. The molecule has 21 heavy (non-hydrogen) atoms. The van der Waals surface area contributed by atoms with Crippen molar-refractivity contribution in [2.75, 3.05) is 11.9 Å². The van der Waals surface area contributed by atoms with Gasteiger partial charge in [0.15, 0.2) is 5.82 Å². The van der Waals surface area contributed by atoms with Crippen LogP contribution in [0.3, 0.4) is 0 Å². The monoisotopic (exact) mass is 351 g/mol. The van der Waals surface area contributed by atoms with E-state index in [1.165, 1.54) is 12.1 Å². The van der Waals surface area contributed by atoms with Crippen LogP contribution in [0.1, 0.15) is 33.4 Å². The average molecular weight is 352 g/mol. The maximum atomic E-state index is 13.1. The van der Waals surface area contributed by atoms with Crippen molar-refractivity contribution in [3.63, 3.8) is 0 Å². The molecule has 0 unspecified atom stereocenters. The molecule has 112 valence electrons. The zero-order valence-electron chi connectivity index (χ0n) is 12.7. The van der Waals surface area contributed by atoms with Gasteiger partial charge in [-0.25, -0.2) is 14.4 Å². The molecule has 1 aromatic carbocycles. The summed E-state index contributed by atoms with van der Waals surface area (Å²) in [6.07, 6.45) is 0. The lowest BCUT2D eigenvalue weighted by Crippen LogP contribution is -2.17. The first-order valence-corrected chi connectivity index (χ1v) is 7.70. The summed E-state index contributed by atoms with van der Waals surface area (Å²) >= 11 is 3.59. The van der Waals surface area contributed by atoms with Gasteiger partial charge in [0, 0.05) is 17.5 Å². The van der Waals surface area contributed by atoms with Crippen molar-refractivity contribution in [3.8, 4) is 11.4 Å². The van der Waals surface area contributed by atoms with Crippen molar-refractivity contribution < 1.29 is 4.39 Å². The summed E-state index contributed by atoms with van der Waals surface area (Å²) in [5.74, 6) is 1.09. The zero-order chi connectivity index (χ0) is 15.6. The number of aromatic nitrogens is 2. The van der Waals surface area contributed by atoms with Crippen molar-refractivity contribution in [2.45, 2.75) is 33.1 Å². The fraction of sp³-hybridized carbons (Fsp3) is 0.375. The second-order valence-electron chi connectivity index (χ2n) is 5.85. The molecule has 0 aliphatic heterocycles. The molecule has 1 N–H and O–H groups in total. The highest BCUT2D eigenvalue weighted by Crippen LogP contribution is 2.34. The molecule has 0 aliphatic rings. The van der Waals surface area contributed by atoms with Gasteiger partial charge < -0.3 is 5.32 Å². The fourth-order valence-electron chi connectivity index (χ4n) is 1.96. The van der Waals surface area contributed by atoms with Crippen LogP contribution in [-0.4, -0.2) is 16.5 Å². The quantitative estimate of drug-likeness (QED) is 0.864. The predicted octanol–water partition coefficient (Wildman–Crippen LogP) is 4.77. The van der Waals surface area contributed by atoms with E-state index in [9.17, 15) is 4.39 Å². The molecule has 2 rings (SSSR count). The van der Waals surface area contributed by atoms with Crippen LogP contribution in [0.5, 0.6) is 0 Å². The molecule has 1 aromatic heterocycles. The molecular formula is C16H19BrFN3. The first-order valence-electron chi connectivity index (χ1n) is 6.90. The lowest BCUT2D eigenvalue weighted by atomic mass is 9.91. The molecule has 0 amide bonds. The van der Waals surface area contributed by atoms with E-state index in [1.54, 1.807) is 12.1 Å². The molecular weight excluding hydrogens is 333 g/mol. The molecule has 0 aliphatic carbocycles. The van der Waals surface area contributed by atoms with Crippen molar-refractivity contribution in [1.29, 1.82) is 0 Å². The van der Waals surface area contributed by atoms with E-state index in [0.29, 0.717) is 5.82 Å². The minimum atomic E-state index is -0.265. The van der Waals surface area contributed by atoms with Crippen LogP contribution in [-0.2, 0) is 5.41 Å². The van der Waals surface area contributed by atoms with Crippen molar-refractivity contribution in [3.05, 3.63) is 40.2 Å². The number of rotatable bonds is 3. The summed E-state index contributed by atoms with van der Waals surface area (Å²) in [5.41, 5.74) is 1.60. The maximum absolute atomic E-state index is 13.1. The van der Waals surface area contributed by atoms with Crippen LogP contribution in [0, 0.1) is 5.82 Å². The van der Waals surface area contributed by atoms with Crippen LogP contribution in [0.2, 0.25) is 0 Å². The smallest absolute Gasteiger partial charge is 0.161 e. The fourth-order valence-corrected chi connectivity index (χ4v) is 2.87. The number of benzene rings is 1. The minimum Gasteiger partial charge on any atom is -0.369 e. The van der Waals surface area contributed by atoms with E-state index in [0.717, 1.165) is 28.1 Å². The molecule has 0 spiro atoms. The Morgan fingerprint density at radius 2 is 1.76 bits per heavy atom. The molecule has 0 saturated heterocycles. The second kappa shape index (κ2) is 6.10. The van der Waals surface area contributed by atoms with E-state index in [-0.39, 0.29) is 11.2 Å². The first-order chi connectivity index (χ1) is 9.82. The van der Waals surface area contributed by atoms with Gasteiger partial charge in [-0.1, -0.05) is 20.8 Å². The Labute approximate surface area is 133 Å². The molecule has 0 fully saturated rings. The molecule has 0 bridgehead atoms. The van der Waals surface area contributed by atoms with E-state index in [4.69, 9.17) is 0 Å². The molecule has 0 atom stereocenters. The first kappa shape index (κ1) is 15.9. The van der Waals surface area contributed by atoms with Crippen LogP contribution < -0.4 is 5.32 Å². The standard InChI is InChI=1S/C16H19BrFN3/c1-5-19-15-12(17)13(16(2,3)4)20-14(21-15)10-6-8-11(18)9-7-10/h6-9H,5H2,1-4H3,(H,19,20,21). The van der Waals surface area contributed by atoms with Gasteiger partial charge in [0.25, 0.3) is 0 Å². The van der Waals surface area contributed by atoms with E-state index in [1.807, 2.05) is 6.92 Å². The molecule has 2 aromatic rings. The van der Waals surface area contributed by atoms with Crippen molar-refractivity contribution in [1.82, 2.24) is 9.97 Å². The summed E-state index contributed by atoms with van der Waals surface area (Å²) in [4.78, 5) is 9.21. The second-order valence-corrected chi connectivity index (χ2v) is 6.64. The van der Waals surface area contributed by atoms with E-state index in [2.05, 4.69) is 52.0 Å². The average Bonchev–Trinajstić information content (AvgIpc) is 2.41. The Bertz CT molecular complexity index is 633. The van der Waals surface area contributed by atoms with Gasteiger partial charge in [-0.3, -0.25) is 0 Å². The number of halogens is 2. The van der Waals surface area contributed by atoms with Gasteiger partial charge >= 0.3 is 0 Å². The number of anilines is 1. The summed E-state index contributed by atoms with van der Waals surface area (Å²) in [6.45, 7) is 9.09. The van der Waals surface area contributed by atoms with Gasteiger partial charge in [0.1, 0.15) is 11.6 Å². The zero-order valence-corrected chi connectivity index (χ0v) is 14.3. The van der Waals surface area contributed by atoms with Crippen molar-refractivity contribution >= 4 is 21.7 Å². The predicted molar refractivity (Wildman–Crippen MR) is 88.0 cm³/mol. The Morgan fingerprint density at radius 3 is 2.29 bits per heavy atom. The molecule has 1 heterocycles. The van der Waals surface area contributed by atoms with E-state index < -0.39 is 0 Å². The Balaban J connectivity index is 2.61. The third-order valence-electron chi connectivity index (χ3n) is 3.01. The summed E-state index contributed by atoms with van der Waals surface area (Å²) in [5, 5.41) is 3.24. The Kier molecular flexibility index (Phi) is 4.61. The largest absolute Gasteiger partial charge is 0.369 e. The highest BCUT2D eigenvalue weighted by molar-refractivity contribution is 9.10. The summed E-state index contributed by atoms with van der Waals surface area (Å²) in [6, 6.07) is 6.23. The Morgan fingerprint density at radius 1 is 1.14 bits per heavy atom. The van der Waals surface area contributed by atoms with Crippen LogP contribution in [0.4, 0.5) is 10.2 Å². The van der Waals surface area contributed by atoms with Gasteiger partial charge in [-0.15, -0.1) is 0 Å². The summed E-state index contributed by atoms with van der Waals surface area (Å²) in [7, 11) is 0. The highest BCUT2D eigenvalue weighted by atomic mass is 79.9. The number of nitrogens with zero attached hydrogens (tertiary/aromatic N) is 2. The number of hydrogen-bond donors (Lipinski definition) is 1. The van der Waals surface area contributed by atoms with Gasteiger partial charge in [0.2, 0.25) is 0 Å². The van der Waals surface area contributed by atoms with E-state index >= 15 is 0 Å². The van der Waals surface area contributed by atoms with Crippen LogP contribution in [0.15, 0.2) is 28.7 Å². The molecule has 3 nitrogen and oxygen atoms in total. The molecule has 5 heteroatoms. The third-order valence-corrected chi connectivity index (χ3v) is 3.76. The van der Waals surface area contributed by atoms with Gasteiger partial charge in [-0.2, -0.15) is 0 Å². The normalized spacial score (nSPS) is 11.5. The lowest BCUT2D eigenvalue weighted by Gasteiger charge is -2.22. The van der Waals surface area contributed by atoms with Crippen LogP contribution in [0.25, 0.3) is 11.4 Å². The minimum absolute atomic E-state index is 0.124. The molecule has 0 radical (unpaired) electrons. The maximum Gasteiger partial charge on any atom is 0.161 e. The molecule has 0 saturated carbocycles. The third kappa shape index (κ3) is 3.59. The summed E-state index contributed by atoms with van der Waals surface area (Å²) < 4.78 is 14.0. The van der Waals surface area contributed by atoms with Gasteiger partial charge in [0.05, 0.1) is 10.2 Å². The SMILES string of the molecule is CCNc1nc(-c2ccc(F)cc2)nc(C(C)(C)C)c1Br. The van der Waals surface area contributed by atoms with Crippen molar-refractivity contribution in [2.24, 2.45) is 0 Å². The van der Waals surface area contributed by atoms with Crippen LogP contribution >= 0.6 is 15.9 Å². The number of nitrogens with one attached hydrogen (secondary N) is 1. The topological polar surface area (TPSA) is 37.8 Å². The number of hydrogen-bond acceptors (Lipinski definition) is 3.